The molecular weight excluding hydrogens is 220 g/mol. The summed E-state index contributed by atoms with van der Waals surface area (Å²) in [6, 6.07) is 3.86. The molecule has 17 heavy (non-hydrogen) atoms. The zero-order valence-electron chi connectivity index (χ0n) is 9.56. The van der Waals surface area contributed by atoms with Crippen molar-refractivity contribution in [3.8, 4) is 0 Å². The molecule has 0 radical (unpaired) electrons. The van der Waals surface area contributed by atoms with Crippen LogP contribution in [0.2, 0.25) is 0 Å². The Balaban J connectivity index is 1.95. The van der Waals surface area contributed by atoms with E-state index in [1.54, 1.807) is 0 Å². The first-order chi connectivity index (χ1) is 8.36. The second-order valence-corrected chi connectivity index (χ2v) is 3.87. The molecule has 90 valence electrons. The maximum absolute atomic E-state index is 5.59. The van der Waals surface area contributed by atoms with Gasteiger partial charge < -0.3 is 19.8 Å². The molecule has 2 aromatic rings. The van der Waals surface area contributed by atoms with Crippen LogP contribution in [0.3, 0.4) is 0 Å². The Bertz CT molecular complexity index is 519. The number of aromatic nitrogens is 3. The fourth-order valence-electron chi connectivity index (χ4n) is 1.85. The smallest absolute Gasteiger partial charge is 0.179 e. The number of nitrogens with one attached hydrogen (secondary N) is 2. The molecule has 0 amide bonds. The van der Waals surface area contributed by atoms with Crippen LogP contribution in [0.15, 0.2) is 12.1 Å². The number of imidazole rings is 1. The average Bonchev–Trinajstić information content (AvgIpc) is 2.82. The zero-order valence-corrected chi connectivity index (χ0v) is 9.56. The van der Waals surface area contributed by atoms with Crippen LogP contribution >= 0.6 is 0 Å². The molecule has 1 unspecified atom stereocenters. The second kappa shape index (κ2) is 4.31. The Morgan fingerprint density at radius 1 is 1.35 bits per heavy atom. The average molecular weight is 234 g/mol. The second-order valence-electron chi connectivity index (χ2n) is 3.87. The number of ether oxygens (including phenoxy) is 2. The molecular formula is C11H14N4O2. The number of H-pyrrole nitrogens is 1. The van der Waals surface area contributed by atoms with Crippen LogP contribution in [0.1, 0.15) is 11.9 Å². The number of pyridine rings is 1. The van der Waals surface area contributed by atoms with E-state index in [0.717, 1.165) is 17.2 Å². The summed E-state index contributed by atoms with van der Waals surface area (Å²) in [5.41, 5.74) is 1.61. The molecule has 0 saturated carbocycles. The van der Waals surface area contributed by atoms with Gasteiger partial charge >= 0.3 is 0 Å². The SMILES string of the molecule is CNc1ccc2[nH]c(C3COCCO3)nc2n1. The van der Waals surface area contributed by atoms with Crippen molar-refractivity contribution in [3.05, 3.63) is 18.0 Å². The van der Waals surface area contributed by atoms with Crippen LogP contribution in [0, 0.1) is 0 Å². The summed E-state index contributed by atoms with van der Waals surface area (Å²) < 4.78 is 10.9. The Hall–Kier alpha value is -1.66. The van der Waals surface area contributed by atoms with E-state index < -0.39 is 0 Å². The number of hydrogen-bond donors (Lipinski definition) is 2. The van der Waals surface area contributed by atoms with Gasteiger partial charge in [-0.25, -0.2) is 9.97 Å². The lowest BCUT2D eigenvalue weighted by atomic mass is 10.3. The van der Waals surface area contributed by atoms with Gasteiger partial charge in [-0.3, -0.25) is 0 Å². The predicted molar refractivity (Wildman–Crippen MR) is 62.9 cm³/mol. The van der Waals surface area contributed by atoms with Crippen molar-refractivity contribution in [1.29, 1.82) is 0 Å². The minimum Gasteiger partial charge on any atom is -0.376 e. The topological polar surface area (TPSA) is 72.1 Å². The minimum absolute atomic E-state index is 0.115. The van der Waals surface area contributed by atoms with E-state index in [1.165, 1.54) is 0 Å². The van der Waals surface area contributed by atoms with Crippen LogP contribution in [-0.4, -0.2) is 41.8 Å². The van der Waals surface area contributed by atoms with Gasteiger partial charge in [0.2, 0.25) is 0 Å². The van der Waals surface area contributed by atoms with Crippen molar-refractivity contribution in [2.75, 3.05) is 32.2 Å². The van der Waals surface area contributed by atoms with E-state index >= 15 is 0 Å². The lowest BCUT2D eigenvalue weighted by molar-refractivity contribution is -0.0931. The van der Waals surface area contributed by atoms with Crippen molar-refractivity contribution < 1.29 is 9.47 Å². The highest BCUT2D eigenvalue weighted by atomic mass is 16.6. The van der Waals surface area contributed by atoms with Gasteiger partial charge in [0.1, 0.15) is 17.7 Å². The Labute approximate surface area is 98.4 Å². The molecule has 2 N–H and O–H groups in total. The Morgan fingerprint density at radius 3 is 3.06 bits per heavy atom. The van der Waals surface area contributed by atoms with Gasteiger partial charge in [-0.05, 0) is 12.1 Å². The number of rotatable bonds is 2. The number of anilines is 1. The van der Waals surface area contributed by atoms with Gasteiger partial charge in [-0.1, -0.05) is 0 Å². The minimum atomic E-state index is -0.115. The molecule has 1 aliphatic rings. The molecule has 1 fully saturated rings. The molecule has 0 spiro atoms. The highest BCUT2D eigenvalue weighted by Gasteiger charge is 2.20. The summed E-state index contributed by atoms with van der Waals surface area (Å²) in [7, 11) is 1.83. The summed E-state index contributed by atoms with van der Waals surface area (Å²) in [6.07, 6.45) is -0.115. The quantitative estimate of drug-likeness (QED) is 0.813. The van der Waals surface area contributed by atoms with E-state index in [2.05, 4.69) is 20.3 Å². The third kappa shape index (κ3) is 1.96. The molecule has 0 aromatic carbocycles. The molecule has 6 heteroatoms. The molecule has 2 aromatic heterocycles. The largest absolute Gasteiger partial charge is 0.376 e. The van der Waals surface area contributed by atoms with E-state index in [1.807, 2.05) is 19.2 Å². The molecule has 3 heterocycles. The fourth-order valence-corrected chi connectivity index (χ4v) is 1.85. The van der Waals surface area contributed by atoms with E-state index in [4.69, 9.17) is 9.47 Å². The summed E-state index contributed by atoms with van der Waals surface area (Å²) in [5.74, 6) is 1.58. The number of hydrogen-bond acceptors (Lipinski definition) is 5. The third-order valence-electron chi connectivity index (χ3n) is 2.74. The van der Waals surface area contributed by atoms with Gasteiger partial charge in [-0.15, -0.1) is 0 Å². The molecule has 0 aliphatic carbocycles. The summed E-state index contributed by atoms with van der Waals surface area (Å²) in [4.78, 5) is 12.0. The van der Waals surface area contributed by atoms with E-state index in [-0.39, 0.29) is 6.10 Å². The molecule has 6 nitrogen and oxygen atoms in total. The fraction of sp³-hybridized carbons (Fsp3) is 0.455. The third-order valence-corrected chi connectivity index (χ3v) is 2.74. The molecule has 1 aliphatic heterocycles. The highest BCUT2D eigenvalue weighted by molar-refractivity contribution is 5.72. The maximum atomic E-state index is 5.59. The van der Waals surface area contributed by atoms with Crippen LogP contribution in [-0.2, 0) is 9.47 Å². The number of fused-ring (bicyclic) bond motifs is 1. The summed E-state index contributed by atoms with van der Waals surface area (Å²) in [6.45, 7) is 1.80. The van der Waals surface area contributed by atoms with E-state index in [0.29, 0.717) is 25.5 Å². The Morgan fingerprint density at radius 2 is 2.29 bits per heavy atom. The zero-order chi connectivity index (χ0) is 11.7. The predicted octanol–water partition coefficient (Wildman–Crippen LogP) is 1.09. The lowest BCUT2D eigenvalue weighted by Crippen LogP contribution is -2.22. The van der Waals surface area contributed by atoms with Gasteiger partial charge in [0.25, 0.3) is 0 Å². The van der Waals surface area contributed by atoms with Gasteiger partial charge in [0.15, 0.2) is 5.65 Å². The van der Waals surface area contributed by atoms with Crippen molar-refractivity contribution in [1.82, 2.24) is 15.0 Å². The van der Waals surface area contributed by atoms with E-state index in [9.17, 15) is 0 Å². The van der Waals surface area contributed by atoms with Gasteiger partial charge in [0, 0.05) is 7.05 Å². The van der Waals surface area contributed by atoms with Crippen LogP contribution < -0.4 is 5.32 Å². The summed E-state index contributed by atoms with van der Waals surface area (Å²) >= 11 is 0. The standard InChI is InChI=1S/C11H14N4O2/c1-12-9-3-2-7-10(14-9)15-11(13-7)8-6-16-4-5-17-8/h2-3,8H,4-6H2,1H3,(H2,12,13,14,15). The lowest BCUT2D eigenvalue weighted by Gasteiger charge is -2.20. The number of nitrogens with zero attached hydrogens (tertiary/aromatic N) is 2. The van der Waals surface area contributed by atoms with Crippen LogP contribution in [0.5, 0.6) is 0 Å². The molecule has 3 rings (SSSR count). The van der Waals surface area contributed by atoms with Crippen LogP contribution in [0.25, 0.3) is 11.2 Å². The first kappa shape index (κ1) is 10.5. The van der Waals surface area contributed by atoms with Crippen molar-refractivity contribution in [3.63, 3.8) is 0 Å². The Kier molecular flexibility index (Phi) is 2.66. The molecule has 0 bridgehead atoms. The first-order valence-corrected chi connectivity index (χ1v) is 5.60. The van der Waals surface area contributed by atoms with Crippen LogP contribution in [0.4, 0.5) is 5.82 Å². The monoisotopic (exact) mass is 234 g/mol. The van der Waals surface area contributed by atoms with Crippen molar-refractivity contribution >= 4 is 17.0 Å². The van der Waals surface area contributed by atoms with Crippen molar-refractivity contribution in [2.24, 2.45) is 0 Å². The summed E-state index contributed by atoms with van der Waals surface area (Å²) in [5, 5.41) is 2.99. The number of aromatic amines is 1. The molecule has 1 saturated heterocycles. The molecule has 1 atom stereocenters. The van der Waals surface area contributed by atoms with Gasteiger partial charge in [0.05, 0.1) is 25.3 Å². The first-order valence-electron chi connectivity index (χ1n) is 5.60. The van der Waals surface area contributed by atoms with Gasteiger partial charge in [-0.2, -0.15) is 0 Å². The highest BCUT2D eigenvalue weighted by Crippen LogP contribution is 2.21. The van der Waals surface area contributed by atoms with Crippen molar-refractivity contribution in [2.45, 2.75) is 6.10 Å². The maximum Gasteiger partial charge on any atom is 0.179 e. The normalized spacial score (nSPS) is 20.6.